The van der Waals surface area contributed by atoms with Gasteiger partial charge in [0.15, 0.2) is 5.82 Å². The number of para-hydroxylation sites is 2. The molecule has 7 nitrogen and oxygen atoms in total. The Morgan fingerprint density at radius 3 is 2.66 bits per heavy atom. The molecule has 148 valence electrons. The van der Waals surface area contributed by atoms with Crippen LogP contribution in [-0.2, 0) is 13.0 Å². The number of nitrogens with zero attached hydrogens (tertiary/aromatic N) is 5. The number of anilines is 1. The van der Waals surface area contributed by atoms with E-state index in [2.05, 4.69) is 43.1 Å². The molecule has 3 heterocycles. The standard InChI is InChI=1S/C22H24N6O/c1-2-7-17(8-3-1)15-21-25-20(26-29-21)16-27-11-6-12-28(14-13-27)22-23-18-9-4-5-10-19(18)24-22/h1-5,7-10H,6,11-16H2,(H,23,24). The molecule has 0 saturated carbocycles. The molecule has 29 heavy (non-hydrogen) atoms. The predicted octanol–water partition coefficient (Wildman–Crippen LogP) is 3.25. The van der Waals surface area contributed by atoms with Gasteiger partial charge in [-0.2, -0.15) is 4.98 Å². The molecule has 7 heteroatoms. The van der Waals surface area contributed by atoms with Crippen molar-refractivity contribution in [2.24, 2.45) is 0 Å². The molecule has 1 aliphatic rings. The van der Waals surface area contributed by atoms with Gasteiger partial charge in [-0.25, -0.2) is 4.98 Å². The zero-order chi connectivity index (χ0) is 19.5. The number of fused-ring (bicyclic) bond motifs is 1. The van der Waals surface area contributed by atoms with Gasteiger partial charge in [0.05, 0.1) is 24.0 Å². The zero-order valence-electron chi connectivity index (χ0n) is 16.3. The highest BCUT2D eigenvalue weighted by molar-refractivity contribution is 5.77. The summed E-state index contributed by atoms with van der Waals surface area (Å²) in [5.41, 5.74) is 3.28. The van der Waals surface area contributed by atoms with Crippen LogP contribution in [0.2, 0.25) is 0 Å². The minimum atomic E-state index is 0.671. The van der Waals surface area contributed by atoms with E-state index in [1.54, 1.807) is 0 Å². The monoisotopic (exact) mass is 388 g/mol. The van der Waals surface area contributed by atoms with Crippen LogP contribution in [0.15, 0.2) is 59.1 Å². The predicted molar refractivity (Wildman–Crippen MR) is 112 cm³/mol. The highest BCUT2D eigenvalue weighted by Crippen LogP contribution is 2.19. The minimum absolute atomic E-state index is 0.671. The van der Waals surface area contributed by atoms with Crippen LogP contribution in [0, 0.1) is 0 Å². The Hall–Kier alpha value is -3.19. The van der Waals surface area contributed by atoms with Crippen molar-refractivity contribution in [1.82, 2.24) is 25.0 Å². The molecule has 0 radical (unpaired) electrons. The van der Waals surface area contributed by atoms with E-state index in [0.29, 0.717) is 18.9 Å². The van der Waals surface area contributed by atoms with Crippen molar-refractivity contribution in [1.29, 1.82) is 0 Å². The molecule has 5 rings (SSSR count). The first-order valence-corrected chi connectivity index (χ1v) is 10.1. The van der Waals surface area contributed by atoms with Crippen LogP contribution in [0.25, 0.3) is 11.0 Å². The van der Waals surface area contributed by atoms with Gasteiger partial charge >= 0.3 is 0 Å². The molecule has 0 bridgehead atoms. The Morgan fingerprint density at radius 2 is 1.76 bits per heavy atom. The van der Waals surface area contributed by atoms with Gasteiger partial charge in [-0.3, -0.25) is 4.90 Å². The molecule has 1 aliphatic heterocycles. The molecule has 0 spiro atoms. The lowest BCUT2D eigenvalue weighted by Crippen LogP contribution is -2.31. The second-order valence-electron chi connectivity index (χ2n) is 7.46. The van der Waals surface area contributed by atoms with Crippen molar-refractivity contribution in [3.05, 3.63) is 71.9 Å². The van der Waals surface area contributed by atoms with E-state index in [1.165, 1.54) is 5.56 Å². The van der Waals surface area contributed by atoms with Gasteiger partial charge < -0.3 is 14.4 Å². The van der Waals surface area contributed by atoms with E-state index in [-0.39, 0.29) is 0 Å². The van der Waals surface area contributed by atoms with Crippen molar-refractivity contribution < 1.29 is 4.52 Å². The van der Waals surface area contributed by atoms with E-state index in [4.69, 9.17) is 9.51 Å². The third-order valence-corrected chi connectivity index (χ3v) is 5.34. The molecular formula is C22H24N6O. The van der Waals surface area contributed by atoms with Gasteiger partial charge in [0.1, 0.15) is 0 Å². The maximum absolute atomic E-state index is 5.45. The summed E-state index contributed by atoms with van der Waals surface area (Å²) in [4.78, 5) is 17.5. The molecule has 0 amide bonds. The zero-order valence-corrected chi connectivity index (χ0v) is 16.3. The second-order valence-corrected chi connectivity index (χ2v) is 7.46. The highest BCUT2D eigenvalue weighted by Gasteiger charge is 2.19. The van der Waals surface area contributed by atoms with E-state index < -0.39 is 0 Å². The number of hydrogen-bond donors (Lipinski definition) is 1. The minimum Gasteiger partial charge on any atom is -0.341 e. The summed E-state index contributed by atoms with van der Waals surface area (Å²) in [7, 11) is 0. The van der Waals surface area contributed by atoms with Gasteiger partial charge in [-0.15, -0.1) is 0 Å². The number of hydrogen-bond acceptors (Lipinski definition) is 6. The first-order valence-electron chi connectivity index (χ1n) is 10.1. The first-order chi connectivity index (χ1) is 14.3. The molecule has 4 aromatic rings. The van der Waals surface area contributed by atoms with Gasteiger partial charge in [-0.1, -0.05) is 47.6 Å². The molecule has 1 fully saturated rings. The quantitative estimate of drug-likeness (QED) is 0.566. The van der Waals surface area contributed by atoms with Crippen LogP contribution in [-0.4, -0.2) is 51.2 Å². The number of H-pyrrole nitrogens is 1. The lowest BCUT2D eigenvalue weighted by Gasteiger charge is -2.20. The van der Waals surface area contributed by atoms with E-state index in [0.717, 1.165) is 55.4 Å². The number of nitrogens with one attached hydrogen (secondary N) is 1. The SMILES string of the molecule is c1ccc(Cc2nc(CN3CCCN(c4nc5ccccc5[nH]4)CC3)no2)cc1. The normalized spacial score (nSPS) is 15.7. The van der Waals surface area contributed by atoms with Crippen LogP contribution in [0.4, 0.5) is 5.95 Å². The van der Waals surface area contributed by atoms with Crippen LogP contribution < -0.4 is 4.90 Å². The van der Waals surface area contributed by atoms with Gasteiger partial charge in [0, 0.05) is 26.2 Å². The molecule has 0 unspecified atom stereocenters. The third-order valence-electron chi connectivity index (χ3n) is 5.34. The van der Waals surface area contributed by atoms with Crippen LogP contribution in [0.5, 0.6) is 0 Å². The average molecular weight is 388 g/mol. The highest BCUT2D eigenvalue weighted by atomic mass is 16.5. The largest absolute Gasteiger partial charge is 0.341 e. The Morgan fingerprint density at radius 1 is 0.897 bits per heavy atom. The molecule has 0 atom stereocenters. The molecule has 0 aliphatic carbocycles. The number of imidazole rings is 1. The summed E-state index contributed by atoms with van der Waals surface area (Å²) in [6.07, 6.45) is 1.75. The number of rotatable bonds is 5. The fourth-order valence-corrected chi connectivity index (χ4v) is 3.83. The topological polar surface area (TPSA) is 74.1 Å². The van der Waals surface area contributed by atoms with Crippen LogP contribution in [0.3, 0.4) is 0 Å². The summed E-state index contributed by atoms with van der Waals surface area (Å²) >= 11 is 0. The summed E-state index contributed by atoms with van der Waals surface area (Å²) < 4.78 is 5.45. The number of aromatic amines is 1. The maximum atomic E-state index is 5.45. The number of aromatic nitrogens is 4. The van der Waals surface area contributed by atoms with Crippen molar-refractivity contribution in [3.8, 4) is 0 Å². The van der Waals surface area contributed by atoms with Crippen molar-refractivity contribution in [2.45, 2.75) is 19.4 Å². The van der Waals surface area contributed by atoms with Crippen LogP contribution in [0.1, 0.15) is 23.7 Å². The molecule has 2 aromatic carbocycles. The van der Waals surface area contributed by atoms with Crippen molar-refractivity contribution in [2.75, 3.05) is 31.1 Å². The van der Waals surface area contributed by atoms with Crippen LogP contribution >= 0.6 is 0 Å². The van der Waals surface area contributed by atoms with E-state index in [1.807, 2.05) is 36.4 Å². The Labute approximate surface area is 169 Å². The molecule has 2 aromatic heterocycles. The van der Waals surface area contributed by atoms with Crippen molar-refractivity contribution in [3.63, 3.8) is 0 Å². The number of benzene rings is 2. The summed E-state index contributed by atoms with van der Waals surface area (Å²) in [5, 5.41) is 4.18. The lowest BCUT2D eigenvalue weighted by molar-refractivity contribution is 0.271. The second kappa shape index (κ2) is 8.05. The molecule has 1 N–H and O–H groups in total. The Balaban J connectivity index is 1.20. The Bertz CT molecular complexity index is 1040. The van der Waals surface area contributed by atoms with Gasteiger partial charge in [0.2, 0.25) is 11.8 Å². The summed E-state index contributed by atoms with van der Waals surface area (Å²) in [6, 6.07) is 18.4. The van der Waals surface area contributed by atoms with Gasteiger partial charge in [-0.05, 0) is 24.1 Å². The third kappa shape index (κ3) is 4.14. The first kappa shape index (κ1) is 17.9. The molecular weight excluding hydrogens is 364 g/mol. The van der Waals surface area contributed by atoms with Gasteiger partial charge in [0.25, 0.3) is 0 Å². The average Bonchev–Trinajstić information content (AvgIpc) is 3.30. The fraction of sp³-hybridized carbons (Fsp3) is 0.318. The smallest absolute Gasteiger partial charge is 0.231 e. The maximum Gasteiger partial charge on any atom is 0.231 e. The van der Waals surface area contributed by atoms with E-state index >= 15 is 0 Å². The van der Waals surface area contributed by atoms with Crippen molar-refractivity contribution >= 4 is 17.0 Å². The van der Waals surface area contributed by atoms with E-state index in [9.17, 15) is 0 Å². The summed E-state index contributed by atoms with van der Waals surface area (Å²) in [6.45, 7) is 4.58. The fourth-order valence-electron chi connectivity index (χ4n) is 3.83. The lowest BCUT2D eigenvalue weighted by atomic mass is 10.1. The Kier molecular flexibility index (Phi) is 4.96. The summed E-state index contributed by atoms with van der Waals surface area (Å²) in [5.74, 6) is 2.39. The molecule has 1 saturated heterocycles.